The van der Waals surface area contributed by atoms with Crippen LogP contribution in [0.3, 0.4) is 0 Å². The summed E-state index contributed by atoms with van der Waals surface area (Å²) in [4.78, 5) is 0. The van der Waals surface area contributed by atoms with Crippen LogP contribution in [0.25, 0.3) is 0 Å². The largest absolute Gasteiger partial charge is 0.504 e. The first-order valence-electron chi connectivity index (χ1n) is 3.32. The number of aliphatic hydroxyl groups is 1. The van der Waals surface area contributed by atoms with E-state index in [0.29, 0.717) is 3.57 Å². The molecule has 0 saturated carbocycles. The van der Waals surface area contributed by atoms with Gasteiger partial charge < -0.3 is 5.11 Å². The van der Waals surface area contributed by atoms with Gasteiger partial charge in [0.15, 0.2) is 0 Å². The highest BCUT2D eigenvalue weighted by Gasteiger charge is 2.33. The Kier molecular flexibility index (Phi) is 2.85. The highest BCUT2D eigenvalue weighted by molar-refractivity contribution is 14.1. The summed E-state index contributed by atoms with van der Waals surface area (Å²) >= 11 is 1.69. The van der Waals surface area contributed by atoms with Crippen LogP contribution in [-0.2, 0) is 6.30 Å². The smallest absolute Gasteiger partial charge is 0.387 e. The highest BCUT2D eigenvalue weighted by Crippen LogP contribution is 2.25. The molecule has 0 saturated heterocycles. The maximum Gasteiger partial charge on any atom is 0.504 e. The van der Waals surface area contributed by atoms with Gasteiger partial charge in [-0.25, -0.2) is 0 Å². The minimum atomic E-state index is -4.52. The molecule has 0 bridgehead atoms. The molecule has 7 heteroatoms. The third kappa shape index (κ3) is 2.33. The van der Waals surface area contributed by atoms with Crippen molar-refractivity contribution >= 4 is 22.6 Å². The van der Waals surface area contributed by atoms with Crippen molar-refractivity contribution in [3.8, 4) is 0 Å². The van der Waals surface area contributed by atoms with Crippen molar-refractivity contribution in [2.45, 2.75) is 19.3 Å². The van der Waals surface area contributed by atoms with Crippen LogP contribution in [0, 0.1) is 3.57 Å². The second-order valence-corrected chi connectivity index (χ2v) is 3.61. The third-order valence-electron chi connectivity index (χ3n) is 1.35. The molecule has 0 aromatic carbocycles. The minimum Gasteiger partial charge on any atom is -0.387 e. The average Bonchev–Trinajstić information content (AvgIpc) is 2.29. The molecule has 0 amide bonds. The number of rotatable bonds is 1. The molecule has 0 aliphatic heterocycles. The molecule has 74 valence electrons. The van der Waals surface area contributed by atoms with Gasteiger partial charge in [0.05, 0.1) is 9.67 Å². The van der Waals surface area contributed by atoms with E-state index in [9.17, 15) is 13.2 Å². The molecule has 1 N–H and O–H groups in total. The van der Waals surface area contributed by atoms with Gasteiger partial charge in [0.25, 0.3) is 0 Å². The molecular formula is C6H6F3IN2O. The van der Waals surface area contributed by atoms with Crippen molar-refractivity contribution in [1.82, 2.24) is 9.78 Å². The first kappa shape index (κ1) is 10.8. The van der Waals surface area contributed by atoms with E-state index >= 15 is 0 Å². The molecular weight excluding hydrogens is 300 g/mol. The fourth-order valence-electron chi connectivity index (χ4n) is 0.779. The van der Waals surface area contributed by atoms with Crippen LogP contribution in [0.1, 0.15) is 18.7 Å². The summed E-state index contributed by atoms with van der Waals surface area (Å²) in [5.41, 5.74) is 0.0397. The summed E-state index contributed by atoms with van der Waals surface area (Å²) in [6, 6.07) is 0. The van der Waals surface area contributed by atoms with Gasteiger partial charge >= 0.3 is 6.30 Å². The fraction of sp³-hybridized carbons (Fsp3) is 0.500. The Bertz CT molecular complexity index is 307. The molecule has 13 heavy (non-hydrogen) atoms. The van der Waals surface area contributed by atoms with Crippen LogP contribution < -0.4 is 0 Å². The van der Waals surface area contributed by atoms with Crippen molar-refractivity contribution in [3.05, 3.63) is 15.5 Å². The number of nitrogens with zero attached hydrogens (tertiary/aromatic N) is 2. The molecule has 1 heterocycles. The second-order valence-electron chi connectivity index (χ2n) is 2.45. The maximum absolute atomic E-state index is 12.1. The molecule has 0 fully saturated rings. The van der Waals surface area contributed by atoms with Gasteiger partial charge in [-0.05, 0) is 29.5 Å². The molecule has 3 nitrogen and oxygen atoms in total. The molecule has 0 spiro atoms. The van der Waals surface area contributed by atoms with Gasteiger partial charge in [-0.15, -0.1) is 13.2 Å². The molecule has 0 aliphatic carbocycles. The van der Waals surface area contributed by atoms with Crippen molar-refractivity contribution < 1.29 is 18.3 Å². The lowest BCUT2D eigenvalue weighted by Crippen LogP contribution is -2.17. The van der Waals surface area contributed by atoms with E-state index in [1.54, 1.807) is 22.6 Å². The molecule has 1 unspecified atom stereocenters. The maximum atomic E-state index is 12.1. The Hall–Kier alpha value is -0.310. The minimum absolute atomic E-state index is 0.0397. The van der Waals surface area contributed by atoms with Gasteiger partial charge in [-0.3, -0.25) is 0 Å². The second kappa shape index (κ2) is 3.45. The first-order valence-corrected chi connectivity index (χ1v) is 4.40. The van der Waals surface area contributed by atoms with Crippen molar-refractivity contribution in [2.24, 2.45) is 0 Å². The third-order valence-corrected chi connectivity index (χ3v) is 2.18. The highest BCUT2D eigenvalue weighted by atomic mass is 127. The fourth-order valence-corrected chi connectivity index (χ4v) is 1.60. The van der Waals surface area contributed by atoms with E-state index in [1.165, 1.54) is 6.92 Å². The van der Waals surface area contributed by atoms with Crippen LogP contribution in [0.2, 0.25) is 0 Å². The van der Waals surface area contributed by atoms with E-state index in [2.05, 4.69) is 5.10 Å². The quantitative estimate of drug-likeness (QED) is 0.806. The SMILES string of the molecule is CC(O)c1nn(C(F)(F)F)cc1I. The predicted molar refractivity (Wildman–Crippen MR) is 46.9 cm³/mol. The topological polar surface area (TPSA) is 38.1 Å². The number of aromatic nitrogens is 2. The zero-order valence-corrected chi connectivity index (χ0v) is 8.67. The molecule has 1 atom stereocenters. The van der Waals surface area contributed by atoms with E-state index in [1.807, 2.05) is 0 Å². The lowest BCUT2D eigenvalue weighted by molar-refractivity contribution is -0.212. The normalized spacial score (nSPS) is 14.6. The summed E-state index contributed by atoms with van der Waals surface area (Å²) in [6.07, 6.45) is -4.68. The molecule has 1 aromatic heterocycles. The standard InChI is InChI=1S/C6H6F3IN2O/c1-3(13)5-4(10)2-12(11-5)6(7,8)9/h2-3,13H,1H3. The van der Waals surface area contributed by atoms with Gasteiger partial charge in [-0.2, -0.15) is 9.78 Å². The number of halogens is 4. The van der Waals surface area contributed by atoms with Crippen LogP contribution in [-0.4, -0.2) is 14.9 Å². The van der Waals surface area contributed by atoms with E-state index < -0.39 is 12.4 Å². The van der Waals surface area contributed by atoms with Crippen LogP contribution in [0.4, 0.5) is 13.2 Å². The zero-order valence-electron chi connectivity index (χ0n) is 6.51. The Morgan fingerprint density at radius 3 is 2.38 bits per heavy atom. The molecule has 1 rings (SSSR count). The van der Waals surface area contributed by atoms with Gasteiger partial charge in [-0.1, -0.05) is 0 Å². The summed E-state index contributed by atoms with van der Waals surface area (Å²) in [6.45, 7) is 1.37. The number of hydrogen-bond donors (Lipinski definition) is 1. The molecule has 0 aliphatic rings. The lowest BCUT2D eigenvalue weighted by atomic mass is 10.3. The summed E-state index contributed by atoms with van der Waals surface area (Å²) < 4.78 is 36.4. The molecule has 0 radical (unpaired) electrons. The van der Waals surface area contributed by atoms with Gasteiger partial charge in [0.2, 0.25) is 0 Å². The predicted octanol–water partition coefficient (Wildman–Crippen LogP) is 2.02. The molecule has 1 aromatic rings. The van der Waals surface area contributed by atoms with Crippen LogP contribution >= 0.6 is 22.6 Å². The van der Waals surface area contributed by atoms with E-state index in [-0.39, 0.29) is 10.4 Å². The summed E-state index contributed by atoms with van der Waals surface area (Å²) in [5, 5.41) is 12.3. The van der Waals surface area contributed by atoms with E-state index in [4.69, 9.17) is 5.11 Å². The van der Waals surface area contributed by atoms with Crippen LogP contribution in [0.5, 0.6) is 0 Å². The van der Waals surface area contributed by atoms with Crippen molar-refractivity contribution in [3.63, 3.8) is 0 Å². The number of alkyl halides is 3. The monoisotopic (exact) mass is 306 g/mol. The van der Waals surface area contributed by atoms with Gasteiger partial charge in [0, 0.05) is 6.20 Å². The summed E-state index contributed by atoms with van der Waals surface area (Å²) in [5.74, 6) is 0. The lowest BCUT2D eigenvalue weighted by Gasteiger charge is -2.04. The Balaban J connectivity index is 3.10. The number of hydrogen-bond acceptors (Lipinski definition) is 2. The number of aliphatic hydroxyl groups excluding tert-OH is 1. The zero-order chi connectivity index (χ0) is 10.2. The average molecular weight is 306 g/mol. The Labute approximate surface area is 85.7 Å². The van der Waals surface area contributed by atoms with E-state index in [0.717, 1.165) is 6.20 Å². The van der Waals surface area contributed by atoms with Crippen molar-refractivity contribution in [2.75, 3.05) is 0 Å². The summed E-state index contributed by atoms with van der Waals surface area (Å²) in [7, 11) is 0. The van der Waals surface area contributed by atoms with Gasteiger partial charge in [0.1, 0.15) is 5.69 Å². The van der Waals surface area contributed by atoms with Crippen LogP contribution in [0.15, 0.2) is 6.20 Å². The Morgan fingerprint density at radius 2 is 2.15 bits per heavy atom. The Morgan fingerprint density at radius 1 is 1.62 bits per heavy atom. The van der Waals surface area contributed by atoms with Crippen molar-refractivity contribution in [1.29, 1.82) is 0 Å². The first-order chi connectivity index (χ1) is 5.82.